The van der Waals surface area contributed by atoms with Crippen molar-refractivity contribution >= 4 is 11.7 Å². The van der Waals surface area contributed by atoms with E-state index in [0.717, 1.165) is 0 Å². The molecule has 0 saturated carbocycles. The van der Waals surface area contributed by atoms with E-state index in [1.54, 1.807) is 31.2 Å². The lowest BCUT2D eigenvalue weighted by Crippen LogP contribution is -2.37. The molecule has 0 bridgehead atoms. The van der Waals surface area contributed by atoms with Gasteiger partial charge in [0.05, 0.1) is 13.2 Å². The molecule has 94 valence electrons. The lowest BCUT2D eigenvalue weighted by Gasteiger charge is -2.17. The van der Waals surface area contributed by atoms with Gasteiger partial charge in [0, 0.05) is 20.7 Å². The molecule has 0 unspecified atom stereocenters. The number of methoxy groups -OCH3 is 1. The molecule has 1 aromatic rings. The Morgan fingerprint density at radius 3 is 3.00 bits per heavy atom. The van der Waals surface area contributed by atoms with Crippen LogP contribution >= 0.6 is 0 Å². The van der Waals surface area contributed by atoms with E-state index in [2.05, 4.69) is 10.3 Å². The SMILES string of the molecule is COCCNC(=O)CN(C)c1cccc(F)n1. The molecule has 0 aliphatic carbocycles. The number of hydrogen-bond donors (Lipinski definition) is 1. The summed E-state index contributed by atoms with van der Waals surface area (Å²) in [6, 6.07) is 4.46. The Morgan fingerprint density at radius 1 is 1.59 bits per heavy atom. The average molecular weight is 241 g/mol. The van der Waals surface area contributed by atoms with Crippen LogP contribution in [0.5, 0.6) is 0 Å². The Kier molecular flexibility index (Phi) is 5.35. The molecule has 1 heterocycles. The number of carbonyl (C=O) groups excluding carboxylic acids is 1. The first-order valence-corrected chi connectivity index (χ1v) is 5.23. The zero-order chi connectivity index (χ0) is 12.7. The summed E-state index contributed by atoms with van der Waals surface area (Å²) in [4.78, 5) is 16.7. The first-order valence-electron chi connectivity index (χ1n) is 5.23. The normalized spacial score (nSPS) is 10.1. The molecule has 0 saturated heterocycles. The molecule has 1 aromatic heterocycles. The predicted molar refractivity (Wildman–Crippen MR) is 62.4 cm³/mol. The number of carbonyl (C=O) groups is 1. The molecule has 0 aromatic carbocycles. The summed E-state index contributed by atoms with van der Waals surface area (Å²) in [5, 5.41) is 2.67. The number of nitrogens with zero attached hydrogens (tertiary/aromatic N) is 2. The monoisotopic (exact) mass is 241 g/mol. The Hall–Kier alpha value is -1.69. The molecule has 0 aliphatic heterocycles. The number of pyridine rings is 1. The van der Waals surface area contributed by atoms with Crippen molar-refractivity contribution in [3.8, 4) is 0 Å². The highest BCUT2D eigenvalue weighted by atomic mass is 19.1. The molecule has 1 rings (SSSR count). The van der Waals surface area contributed by atoms with Crippen molar-refractivity contribution in [2.45, 2.75) is 0 Å². The second-order valence-corrected chi connectivity index (χ2v) is 3.52. The summed E-state index contributed by atoms with van der Waals surface area (Å²) in [7, 11) is 3.24. The second-order valence-electron chi connectivity index (χ2n) is 3.52. The van der Waals surface area contributed by atoms with E-state index in [9.17, 15) is 9.18 Å². The maximum absolute atomic E-state index is 12.9. The Labute approximate surface area is 99.6 Å². The maximum atomic E-state index is 12.9. The van der Waals surface area contributed by atoms with Gasteiger partial charge >= 0.3 is 0 Å². The summed E-state index contributed by atoms with van der Waals surface area (Å²) in [5.41, 5.74) is 0. The van der Waals surface area contributed by atoms with Crippen molar-refractivity contribution in [3.05, 3.63) is 24.1 Å². The smallest absolute Gasteiger partial charge is 0.239 e. The minimum atomic E-state index is -0.561. The van der Waals surface area contributed by atoms with Gasteiger partial charge in [-0.15, -0.1) is 0 Å². The van der Waals surface area contributed by atoms with Crippen LogP contribution in [0.15, 0.2) is 18.2 Å². The first-order chi connectivity index (χ1) is 8.13. The van der Waals surface area contributed by atoms with E-state index >= 15 is 0 Å². The lowest BCUT2D eigenvalue weighted by molar-refractivity contribution is -0.119. The van der Waals surface area contributed by atoms with Gasteiger partial charge in [-0.1, -0.05) is 6.07 Å². The van der Waals surface area contributed by atoms with Gasteiger partial charge in [-0.3, -0.25) is 4.79 Å². The third-order valence-electron chi connectivity index (χ3n) is 2.10. The third kappa shape index (κ3) is 4.78. The highest BCUT2D eigenvalue weighted by molar-refractivity contribution is 5.80. The molecule has 0 fully saturated rings. The topological polar surface area (TPSA) is 54.5 Å². The van der Waals surface area contributed by atoms with E-state index in [0.29, 0.717) is 19.0 Å². The van der Waals surface area contributed by atoms with Crippen LogP contribution in [-0.2, 0) is 9.53 Å². The van der Waals surface area contributed by atoms with E-state index in [1.807, 2.05) is 0 Å². The predicted octanol–water partition coefficient (Wildman–Crippen LogP) is 0.419. The highest BCUT2D eigenvalue weighted by Gasteiger charge is 2.08. The van der Waals surface area contributed by atoms with Crippen LogP contribution in [0.3, 0.4) is 0 Å². The van der Waals surface area contributed by atoms with Gasteiger partial charge in [0.1, 0.15) is 5.82 Å². The van der Waals surface area contributed by atoms with Crippen molar-refractivity contribution in [1.29, 1.82) is 0 Å². The van der Waals surface area contributed by atoms with Crippen molar-refractivity contribution < 1.29 is 13.9 Å². The largest absolute Gasteiger partial charge is 0.383 e. The molecule has 1 amide bonds. The minimum Gasteiger partial charge on any atom is -0.383 e. The lowest BCUT2D eigenvalue weighted by atomic mass is 10.4. The van der Waals surface area contributed by atoms with Crippen LogP contribution in [0.2, 0.25) is 0 Å². The molecule has 6 heteroatoms. The Bertz CT molecular complexity index is 373. The standard InChI is InChI=1S/C11H16FN3O2/c1-15(8-11(16)13-6-7-17-2)10-5-3-4-9(12)14-10/h3-5H,6-8H2,1-2H3,(H,13,16). The summed E-state index contributed by atoms with van der Waals surface area (Å²) >= 11 is 0. The molecule has 1 N–H and O–H groups in total. The molecule has 0 radical (unpaired) electrons. The van der Waals surface area contributed by atoms with Gasteiger partial charge in [-0.2, -0.15) is 4.39 Å². The van der Waals surface area contributed by atoms with Crippen molar-refractivity contribution in [2.24, 2.45) is 0 Å². The van der Waals surface area contributed by atoms with Crippen molar-refractivity contribution in [3.63, 3.8) is 0 Å². The van der Waals surface area contributed by atoms with Gasteiger partial charge in [0.25, 0.3) is 0 Å². The van der Waals surface area contributed by atoms with Gasteiger partial charge in [0.2, 0.25) is 11.9 Å². The number of likely N-dealkylation sites (N-methyl/N-ethyl adjacent to an activating group) is 1. The van der Waals surface area contributed by atoms with Crippen LogP contribution in [0.4, 0.5) is 10.2 Å². The Morgan fingerprint density at radius 2 is 2.35 bits per heavy atom. The number of rotatable bonds is 6. The van der Waals surface area contributed by atoms with Gasteiger partial charge < -0.3 is 15.0 Å². The average Bonchev–Trinajstić information content (AvgIpc) is 2.29. The molecule has 17 heavy (non-hydrogen) atoms. The Balaban J connectivity index is 2.43. The number of nitrogens with one attached hydrogen (secondary N) is 1. The fourth-order valence-electron chi connectivity index (χ4n) is 1.25. The number of hydrogen-bond acceptors (Lipinski definition) is 4. The third-order valence-corrected chi connectivity index (χ3v) is 2.10. The molecule has 0 spiro atoms. The quantitative estimate of drug-likeness (QED) is 0.579. The molecular formula is C11H16FN3O2. The summed E-state index contributed by atoms with van der Waals surface area (Å²) < 4.78 is 17.7. The molecule has 0 aliphatic rings. The van der Waals surface area contributed by atoms with Crippen LogP contribution in [0.1, 0.15) is 0 Å². The number of aromatic nitrogens is 1. The van der Waals surface area contributed by atoms with Crippen LogP contribution in [0, 0.1) is 5.95 Å². The number of anilines is 1. The molecular weight excluding hydrogens is 225 g/mol. The number of amides is 1. The van der Waals surface area contributed by atoms with Gasteiger partial charge in [0.15, 0.2) is 0 Å². The first kappa shape index (κ1) is 13.4. The van der Waals surface area contributed by atoms with E-state index < -0.39 is 5.95 Å². The molecule has 5 nitrogen and oxygen atoms in total. The van der Waals surface area contributed by atoms with Crippen LogP contribution in [0.25, 0.3) is 0 Å². The minimum absolute atomic E-state index is 0.125. The summed E-state index contributed by atoms with van der Waals surface area (Å²) in [6.45, 7) is 1.05. The van der Waals surface area contributed by atoms with Crippen molar-refractivity contribution in [2.75, 3.05) is 38.8 Å². The summed E-state index contributed by atoms with van der Waals surface area (Å²) in [6.07, 6.45) is 0. The molecule has 0 atom stereocenters. The van der Waals surface area contributed by atoms with E-state index in [-0.39, 0.29) is 12.5 Å². The fourth-order valence-corrected chi connectivity index (χ4v) is 1.25. The zero-order valence-electron chi connectivity index (χ0n) is 9.94. The van der Waals surface area contributed by atoms with Gasteiger partial charge in [-0.25, -0.2) is 4.98 Å². The fraction of sp³-hybridized carbons (Fsp3) is 0.455. The summed E-state index contributed by atoms with van der Waals surface area (Å²) in [5.74, 6) is -0.295. The van der Waals surface area contributed by atoms with Crippen molar-refractivity contribution in [1.82, 2.24) is 10.3 Å². The maximum Gasteiger partial charge on any atom is 0.239 e. The number of halogens is 1. The van der Waals surface area contributed by atoms with Crippen LogP contribution in [-0.4, -0.2) is 44.7 Å². The zero-order valence-corrected chi connectivity index (χ0v) is 9.94. The highest BCUT2D eigenvalue weighted by Crippen LogP contribution is 2.07. The second kappa shape index (κ2) is 6.80. The van der Waals surface area contributed by atoms with E-state index in [4.69, 9.17) is 4.74 Å². The van der Waals surface area contributed by atoms with Crippen LogP contribution < -0.4 is 10.2 Å². The number of ether oxygens (including phenoxy) is 1. The van der Waals surface area contributed by atoms with E-state index in [1.165, 1.54) is 6.07 Å². The van der Waals surface area contributed by atoms with Gasteiger partial charge in [-0.05, 0) is 12.1 Å².